The van der Waals surface area contributed by atoms with Crippen LogP contribution in [0, 0.1) is 6.92 Å². The highest BCUT2D eigenvalue weighted by Crippen LogP contribution is 2.23. The van der Waals surface area contributed by atoms with Crippen LogP contribution in [0.2, 0.25) is 0 Å². The molecule has 0 amide bonds. The van der Waals surface area contributed by atoms with Gasteiger partial charge < -0.3 is 4.57 Å². The van der Waals surface area contributed by atoms with Crippen LogP contribution < -0.4 is 5.56 Å². The summed E-state index contributed by atoms with van der Waals surface area (Å²) in [5.41, 5.74) is 3.39. The summed E-state index contributed by atoms with van der Waals surface area (Å²) in [7, 11) is 0. The molecule has 0 aliphatic heterocycles. The van der Waals surface area contributed by atoms with Crippen LogP contribution in [0.15, 0.2) is 64.8 Å². The van der Waals surface area contributed by atoms with Gasteiger partial charge in [0, 0.05) is 6.07 Å². The maximum Gasteiger partial charge on any atom is 0.251 e. The van der Waals surface area contributed by atoms with Crippen LogP contribution in [-0.4, -0.2) is 4.57 Å². The van der Waals surface area contributed by atoms with E-state index >= 15 is 0 Å². The molecule has 20 heavy (non-hydrogen) atoms. The first-order valence-corrected chi connectivity index (χ1v) is 7.41. The maximum absolute atomic E-state index is 12.2. The standard InChI is InChI=1S/C17H15NOS/c1-13-7-9-14(10-8-13)12-18-15(4-2-6-17(18)19)16-5-3-11-20-16/h2-11H,12H2,1H3. The molecule has 2 aromatic heterocycles. The van der Waals surface area contributed by atoms with Gasteiger partial charge in [0.2, 0.25) is 0 Å². The lowest BCUT2D eigenvalue weighted by Crippen LogP contribution is -2.20. The molecule has 0 fully saturated rings. The van der Waals surface area contributed by atoms with Gasteiger partial charge in [-0.25, -0.2) is 0 Å². The number of hydrogen-bond acceptors (Lipinski definition) is 2. The van der Waals surface area contributed by atoms with Gasteiger partial charge >= 0.3 is 0 Å². The quantitative estimate of drug-likeness (QED) is 0.713. The molecule has 0 aliphatic carbocycles. The first-order chi connectivity index (χ1) is 9.74. The van der Waals surface area contributed by atoms with Gasteiger partial charge in [-0.2, -0.15) is 0 Å². The highest BCUT2D eigenvalue weighted by molar-refractivity contribution is 7.13. The summed E-state index contributed by atoms with van der Waals surface area (Å²) in [6.45, 7) is 2.67. The van der Waals surface area contributed by atoms with E-state index in [1.807, 2.05) is 34.2 Å². The summed E-state index contributed by atoms with van der Waals surface area (Å²) in [5.74, 6) is 0. The van der Waals surface area contributed by atoms with Crippen molar-refractivity contribution in [3.63, 3.8) is 0 Å². The highest BCUT2D eigenvalue weighted by atomic mass is 32.1. The zero-order valence-electron chi connectivity index (χ0n) is 11.2. The van der Waals surface area contributed by atoms with Crippen molar-refractivity contribution < 1.29 is 0 Å². The van der Waals surface area contributed by atoms with Gasteiger partial charge in [0.15, 0.2) is 0 Å². The molecule has 0 spiro atoms. The molecule has 100 valence electrons. The third-order valence-electron chi connectivity index (χ3n) is 3.28. The highest BCUT2D eigenvalue weighted by Gasteiger charge is 2.07. The van der Waals surface area contributed by atoms with Crippen LogP contribution in [0.1, 0.15) is 11.1 Å². The average molecular weight is 281 g/mol. The Morgan fingerprint density at radius 2 is 1.80 bits per heavy atom. The number of pyridine rings is 1. The molecule has 0 atom stereocenters. The minimum atomic E-state index is 0.0384. The second-order valence-electron chi connectivity index (χ2n) is 4.80. The van der Waals surface area contributed by atoms with Gasteiger partial charge in [0.25, 0.3) is 5.56 Å². The fourth-order valence-electron chi connectivity index (χ4n) is 2.20. The maximum atomic E-state index is 12.2. The van der Waals surface area contributed by atoms with E-state index in [-0.39, 0.29) is 5.56 Å². The molecular weight excluding hydrogens is 266 g/mol. The van der Waals surface area contributed by atoms with E-state index in [9.17, 15) is 4.79 Å². The summed E-state index contributed by atoms with van der Waals surface area (Å²) in [4.78, 5) is 13.3. The Balaban J connectivity index is 2.05. The van der Waals surface area contributed by atoms with Crippen LogP contribution in [0.4, 0.5) is 0 Å². The minimum Gasteiger partial charge on any atom is -0.303 e. The zero-order chi connectivity index (χ0) is 13.9. The van der Waals surface area contributed by atoms with Gasteiger partial charge in [-0.1, -0.05) is 42.0 Å². The van der Waals surface area contributed by atoms with Gasteiger partial charge in [-0.05, 0) is 30.0 Å². The fourth-order valence-corrected chi connectivity index (χ4v) is 2.96. The lowest BCUT2D eigenvalue weighted by molar-refractivity contribution is 0.769. The molecule has 3 heteroatoms. The van der Waals surface area contributed by atoms with E-state index in [0.29, 0.717) is 6.54 Å². The third-order valence-corrected chi connectivity index (χ3v) is 4.18. The largest absolute Gasteiger partial charge is 0.303 e. The van der Waals surface area contributed by atoms with E-state index in [1.54, 1.807) is 17.4 Å². The first kappa shape index (κ1) is 12.9. The monoisotopic (exact) mass is 281 g/mol. The van der Waals surface area contributed by atoms with Crippen LogP contribution in [0.3, 0.4) is 0 Å². The number of rotatable bonds is 3. The Morgan fingerprint density at radius 3 is 2.50 bits per heavy atom. The molecule has 0 unspecified atom stereocenters. The van der Waals surface area contributed by atoms with E-state index in [4.69, 9.17) is 0 Å². The van der Waals surface area contributed by atoms with E-state index < -0.39 is 0 Å². The van der Waals surface area contributed by atoms with Gasteiger partial charge in [-0.3, -0.25) is 4.79 Å². The summed E-state index contributed by atoms with van der Waals surface area (Å²) >= 11 is 1.65. The molecule has 3 aromatic rings. The fraction of sp³-hybridized carbons (Fsp3) is 0.118. The molecule has 0 aliphatic rings. The van der Waals surface area contributed by atoms with Gasteiger partial charge in [0.1, 0.15) is 0 Å². The smallest absolute Gasteiger partial charge is 0.251 e. The summed E-state index contributed by atoms with van der Waals surface area (Å²) in [6.07, 6.45) is 0. The van der Waals surface area contributed by atoms with Gasteiger partial charge in [-0.15, -0.1) is 11.3 Å². The van der Waals surface area contributed by atoms with Crippen LogP contribution in [0.5, 0.6) is 0 Å². The molecule has 1 aromatic carbocycles. The van der Waals surface area contributed by atoms with Crippen LogP contribution >= 0.6 is 11.3 Å². The van der Waals surface area contributed by atoms with Gasteiger partial charge in [0.05, 0.1) is 17.1 Å². The number of thiophene rings is 1. The predicted octanol–water partition coefficient (Wildman–Crippen LogP) is 3.93. The van der Waals surface area contributed by atoms with Crippen LogP contribution in [0.25, 0.3) is 10.6 Å². The molecule has 2 heterocycles. The van der Waals surface area contributed by atoms with Crippen molar-refractivity contribution in [1.82, 2.24) is 4.57 Å². The summed E-state index contributed by atoms with van der Waals surface area (Å²) < 4.78 is 1.83. The normalized spacial score (nSPS) is 10.7. The lowest BCUT2D eigenvalue weighted by atomic mass is 10.1. The topological polar surface area (TPSA) is 22.0 Å². The Hall–Kier alpha value is -2.13. The van der Waals surface area contributed by atoms with E-state index in [2.05, 4.69) is 31.2 Å². The predicted molar refractivity (Wildman–Crippen MR) is 84.3 cm³/mol. The van der Waals surface area contributed by atoms with Crippen molar-refractivity contribution in [2.24, 2.45) is 0 Å². The number of benzene rings is 1. The lowest BCUT2D eigenvalue weighted by Gasteiger charge is -2.11. The molecule has 2 nitrogen and oxygen atoms in total. The Kier molecular flexibility index (Phi) is 3.52. The molecule has 0 saturated heterocycles. The Bertz CT molecular complexity index is 754. The van der Waals surface area contributed by atoms with Crippen molar-refractivity contribution in [2.75, 3.05) is 0 Å². The third kappa shape index (κ3) is 2.58. The van der Waals surface area contributed by atoms with Crippen molar-refractivity contribution in [2.45, 2.75) is 13.5 Å². The second kappa shape index (κ2) is 5.47. The number of aromatic nitrogens is 1. The average Bonchev–Trinajstić information content (AvgIpc) is 2.97. The zero-order valence-corrected chi connectivity index (χ0v) is 12.1. The molecule has 0 radical (unpaired) electrons. The van der Waals surface area contributed by atoms with Crippen molar-refractivity contribution >= 4 is 11.3 Å². The second-order valence-corrected chi connectivity index (χ2v) is 5.75. The van der Waals surface area contributed by atoms with Crippen molar-refractivity contribution in [1.29, 1.82) is 0 Å². The number of aryl methyl sites for hydroxylation is 1. The number of nitrogens with zero attached hydrogens (tertiary/aromatic N) is 1. The Morgan fingerprint density at radius 1 is 1.00 bits per heavy atom. The van der Waals surface area contributed by atoms with Crippen molar-refractivity contribution in [3.05, 3.63) is 81.5 Å². The van der Waals surface area contributed by atoms with E-state index in [1.165, 1.54) is 5.56 Å². The number of hydrogen-bond donors (Lipinski definition) is 0. The Labute approximate surface area is 122 Å². The van der Waals surface area contributed by atoms with Crippen molar-refractivity contribution in [3.8, 4) is 10.6 Å². The van der Waals surface area contributed by atoms with Crippen LogP contribution in [-0.2, 0) is 6.54 Å². The summed E-state index contributed by atoms with van der Waals surface area (Å²) in [5, 5.41) is 2.03. The SMILES string of the molecule is Cc1ccc(Cn2c(-c3cccs3)cccc2=O)cc1. The molecule has 0 saturated carbocycles. The first-order valence-electron chi connectivity index (χ1n) is 6.53. The van der Waals surface area contributed by atoms with E-state index in [0.717, 1.165) is 16.1 Å². The molecule has 0 N–H and O–H groups in total. The minimum absolute atomic E-state index is 0.0384. The molecule has 0 bridgehead atoms. The summed E-state index contributed by atoms with van der Waals surface area (Å²) in [6, 6.07) is 17.8. The molecular formula is C17H15NOS. The molecule has 3 rings (SSSR count).